The molecular formula is C17H24N4O2. The number of likely N-dealkylation sites (N-methyl/N-ethyl adjacent to an activating group) is 1. The molecule has 23 heavy (non-hydrogen) atoms. The molecular weight excluding hydrogens is 292 g/mol. The van der Waals surface area contributed by atoms with Crippen LogP contribution >= 0.6 is 0 Å². The molecule has 1 saturated carbocycles. The molecule has 0 spiro atoms. The Labute approximate surface area is 136 Å². The van der Waals surface area contributed by atoms with Crippen molar-refractivity contribution in [3.05, 3.63) is 30.1 Å². The first-order valence-corrected chi connectivity index (χ1v) is 8.27. The summed E-state index contributed by atoms with van der Waals surface area (Å²) in [4.78, 5) is 30.1. The van der Waals surface area contributed by atoms with E-state index in [1.165, 1.54) is 12.8 Å². The number of amides is 2. The van der Waals surface area contributed by atoms with Crippen molar-refractivity contribution in [3.63, 3.8) is 0 Å². The zero-order chi connectivity index (χ0) is 16.2. The molecule has 0 bridgehead atoms. The maximum Gasteiger partial charge on any atom is 0.233 e. The molecule has 1 aromatic rings. The number of nitrogens with zero attached hydrogens (tertiary/aromatic N) is 2. The Morgan fingerprint density at radius 3 is 2.78 bits per heavy atom. The third kappa shape index (κ3) is 4.28. The maximum absolute atomic E-state index is 12.3. The second-order valence-electron chi connectivity index (χ2n) is 6.58. The van der Waals surface area contributed by atoms with Gasteiger partial charge in [0.25, 0.3) is 0 Å². The second kappa shape index (κ2) is 7.08. The van der Waals surface area contributed by atoms with Crippen LogP contribution in [-0.4, -0.2) is 54.4 Å². The molecule has 1 aromatic heterocycles. The van der Waals surface area contributed by atoms with Crippen LogP contribution in [0.25, 0.3) is 0 Å². The minimum atomic E-state index is 0.0295. The Kier molecular flexibility index (Phi) is 4.91. The zero-order valence-electron chi connectivity index (χ0n) is 13.5. The molecule has 6 nitrogen and oxygen atoms in total. The van der Waals surface area contributed by atoms with E-state index < -0.39 is 0 Å². The van der Waals surface area contributed by atoms with Crippen molar-refractivity contribution in [2.24, 2.45) is 11.8 Å². The third-order valence-corrected chi connectivity index (χ3v) is 4.75. The Balaban J connectivity index is 1.56. The van der Waals surface area contributed by atoms with Crippen molar-refractivity contribution in [1.29, 1.82) is 0 Å². The van der Waals surface area contributed by atoms with Crippen LogP contribution in [-0.2, 0) is 16.0 Å². The lowest BCUT2D eigenvalue weighted by molar-refractivity contribution is -0.121. The van der Waals surface area contributed by atoms with Gasteiger partial charge in [0, 0.05) is 38.6 Å². The van der Waals surface area contributed by atoms with Gasteiger partial charge in [-0.05, 0) is 36.3 Å². The molecule has 124 valence electrons. The van der Waals surface area contributed by atoms with Crippen LogP contribution in [0.3, 0.4) is 0 Å². The van der Waals surface area contributed by atoms with E-state index in [1.807, 2.05) is 12.1 Å². The van der Waals surface area contributed by atoms with Crippen LogP contribution in [0.4, 0.5) is 0 Å². The van der Waals surface area contributed by atoms with Gasteiger partial charge in [0.05, 0.1) is 13.0 Å². The molecule has 0 unspecified atom stereocenters. The number of hydrogen-bond donors (Lipinski definition) is 2. The average Bonchev–Trinajstić information content (AvgIpc) is 3.31. The number of nitrogens with one attached hydrogen (secondary N) is 2. The minimum absolute atomic E-state index is 0.0295. The molecule has 2 aliphatic rings. The third-order valence-electron chi connectivity index (χ3n) is 4.75. The van der Waals surface area contributed by atoms with Crippen LogP contribution in [0.15, 0.2) is 24.5 Å². The highest BCUT2D eigenvalue weighted by Gasteiger charge is 2.43. The van der Waals surface area contributed by atoms with Gasteiger partial charge in [-0.15, -0.1) is 0 Å². The number of likely N-dealkylation sites (tertiary alicyclic amines) is 1. The lowest BCUT2D eigenvalue weighted by Crippen LogP contribution is -2.42. The summed E-state index contributed by atoms with van der Waals surface area (Å²) >= 11 is 0. The maximum atomic E-state index is 12.3. The predicted molar refractivity (Wildman–Crippen MR) is 86.6 cm³/mol. The van der Waals surface area contributed by atoms with E-state index in [9.17, 15) is 9.59 Å². The molecule has 0 aromatic carbocycles. The molecule has 2 heterocycles. The van der Waals surface area contributed by atoms with Crippen molar-refractivity contribution in [1.82, 2.24) is 20.5 Å². The summed E-state index contributed by atoms with van der Waals surface area (Å²) in [7, 11) is 1.66. The summed E-state index contributed by atoms with van der Waals surface area (Å²) in [5, 5.41) is 5.84. The smallest absolute Gasteiger partial charge is 0.233 e. The van der Waals surface area contributed by atoms with Gasteiger partial charge in [0.2, 0.25) is 11.8 Å². The monoisotopic (exact) mass is 316 g/mol. The van der Waals surface area contributed by atoms with Crippen molar-refractivity contribution in [3.8, 4) is 0 Å². The normalized spacial score (nSPS) is 24.4. The van der Waals surface area contributed by atoms with Gasteiger partial charge in [-0.1, -0.05) is 6.07 Å². The fourth-order valence-electron chi connectivity index (χ4n) is 3.43. The summed E-state index contributed by atoms with van der Waals surface area (Å²) < 4.78 is 0. The molecule has 2 amide bonds. The van der Waals surface area contributed by atoms with Crippen molar-refractivity contribution in [2.45, 2.75) is 25.3 Å². The van der Waals surface area contributed by atoms with Crippen LogP contribution in [0.2, 0.25) is 0 Å². The zero-order valence-corrected chi connectivity index (χ0v) is 13.5. The molecule has 2 N–H and O–H groups in total. The average molecular weight is 316 g/mol. The van der Waals surface area contributed by atoms with Gasteiger partial charge >= 0.3 is 0 Å². The Morgan fingerprint density at radius 2 is 2.13 bits per heavy atom. The van der Waals surface area contributed by atoms with Gasteiger partial charge in [-0.3, -0.25) is 19.5 Å². The number of carbonyl (C=O) groups is 2. The van der Waals surface area contributed by atoms with E-state index in [0.29, 0.717) is 24.8 Å². The van der Waals surface area contributed by atoms with Gasteiger partial charge in [-0.25, -0.2) is 0 Å². The van der Waals surface area contributed by atoms with Gasteiger partial charge in [-0.2, -0.15) is 0 Å². The molecule has 3 rings (SSSR count). The lowest BCUT2D eigenvalue weighted by atomic mass is 9.98. The fraction of sp³-hybridized carbons (Fsp3) is 0.588. The number of pyridine rings is 1. The van der Waals surface area contributed by atoms with E-state index in [0.717, 1.165) is 18.7 Å². The van der Waals surface area contributed by atoms with Crippen molar-refractivity contribution < 1.29 is 9.59 Å². The first kappa shape index (κ1) is 15.9. The second-order valence-corrected chi connectivity index (χ2v) is 6.58. The van der Waals surface area contributed by atoms with Crippen LogP contribution in [0.1, 0.15) is 18.4 Å². The predicted octanol–water partition coefficient (Wildman–Crippen LogP) is 0.197. The van der Waals surface area contributed by atoms with E-state index in [2.05, 4.69) is 20.5 Å². The van der Waals surface area contributed by atoms with Gasteiger partial charge in [0.15, 0.2) is 0 Å². The summed E-state index contributed by atoms with van der Waals surface area (Å²) in [5.74, 6) is 1.24. The Hall–Kier alpha value is -1.95. The van der Waals surface area contributed by atoms with Crippen LogP contribution < -0.4 is 10.6 Å². The van der Waals surface area contributed by atoms with Crippen molar-refractivity contribution in [2.75, 3.05) is 26.7 Å². The first-order valence-electron chi connectivity index (χ1n) is 8.27. The molecule has 2 fully saturated rings. The quantitative estimate of drug-likeness (QED) is 0.786. The summed E-state index contributed by atoms with van der Waals surface area (Å²) in [6, 6.07) is 3.91. The van der Waals surface area contributed by atoms with Gasteiger partial charge < -0.3 is 10.6 Å². The fourth-order valence-corrected chi connectivity index (χ4v) is 3.43. The number of rotatable bonds is 6. The highest BCUT2D eigenvalue weighted by Crippen LogP contribution is 2.41. The van der Waals surface area contributed by atoms with E-state index >= 15 is 0 Å². The summed E-state index contributed by atoms with van der Waals surface area (Å²) in [5.41, 5.74) is 0.924. The highest BCUT2D eigenvalue weighted by molar-refractivity contribution is 5.79. The Bertz CT molecular complexity index is 559. The number of hydrogen-bond acceptors (Lipinski definition) is 4. The highest BCUT2D eigenvalue weighted by atomic mass is 16.2. The number of carbonyl (C=O) groups excluding carboxylic acids is 2. The van der Waals surface area contributed by atoms with E-state index in [4.69, 9.17) is 0 Å². The number of aromatic nitrogens is 1. The molecule has 6 heteroatoms. The van der Waals surface area contributed by atoms with Crippen LogP contribution in [0, 0.1) is 11.8 Å². The van der Waals surface area contributed by atoms with Crippen LogP contribution in [0.5, 0.6) is 0 Å². The van der Waals surface area contributed by atoms with E-state index in [1.54, 1.807) is 19.4 Å². The standard InChI is InChI=1S/C17H24N4O2/c1-18-17(23)11-21-9-14(13-4-5-13)15(10-21)20-16(22)7-12-3-2-6-19-8-12/h2-3,6,8,13-15H,4-5,7,9-11H2,1H3,(H,18,23)(H,20,22)/t14-,15+/m1/s1. The van der Waals surface area contributed by atoms with Crippen molar-refractivity contribution >= 4 is 11.8 Å². The van der Waals surface area contributed by atoms with Gasteiger partial charge in [0.1, 0.15) is 0 Å². The molecule has 1 aliphatic heterocycles. The summed E-state index contributed by atoms with van der Waals surface area (Å²) in [6.45, 7) is 2.07. The Morgan fingerprint density at radius 1 is 1.30 bits per heavy atom. The summed E-state index contributed by atoms with van der Waals surface area (Å²) in [6.07, 6.45) is 6.28. The minimum Gasteiger partial charge on any atom is -0.358 e. The SMILES string of the molecule is CNC(=O)CN1C[C@H](NC(=O)Cc2cccnc2)[C@@H](C2CC2)C1. The molecule has 0 radical (unpaired) electrons. The topological polar surface area (TPSA) is 74.3 Å². The molecule has 1 aliphatic carbocycles. The molecule has 1 saturated heterocycles. The largest absolute Gasteiger partial charge is 0.358 e. The lowest BCUT2D eigenvalue weighted by Gasteiger charge is -2.19. The molecule has 2 atom stereocenters. The first-order chi connectivity index (χ1) is 11.2. The van der Waals surface area contributed by atoms with E-state index in [-0.39, 0.29) is 17.9 Å².